The lowest BCUT2D eigenvalue weighted by Gasteiger charge is -2.16. The molecule has 7 nitrogen and oxygen atoms in total. The summed E-state index contributed by atoms with van der Waals surface area (Å²) >= 11 is 5.78. The number of aryl methyl sites for hydroxylation is 1. The molecule has 0 radical (unpaired) electrons. The highest BCUT2D eigenvalue weighted by molar-refractivity contribution is 6.29. The summed E-state index contributed by atoms with van der Waals surface area (Å²) in [6.07, 6.45) is -1.80. The summed E-state index contributed by atoms with van der Waals surface area (Å²) in [5, 5.41) is 10.2. The van der Waals surface area contributed by atoms with Gasteiger partial charge in [0.15, 0.2) is 16.6 Å². The SMILES string of the molecule is Cc1cc(-n2ccc(Cl)n2)nc2c(C(=O)NC(C)C(F)(F)F)cnn12. The van der Waals surface area contributed by atoms with Crippen molar-refractivity contribution in [2.24, 2.45) is 0 Å². The van der Waals surface area contributed by atoms with Gasteiger partial charge in [-0.05, 0) is 19.9 Å². The van der Waals surface area contributed by atoms with Crippen LogP contribution in [-0.4, -0.2) is 42.5 Å². The highest BCUT2D eigenvalue weighted by Gasteiger charge is 2.37. The van der Waals surface area contributed by atoms with Crippen molar-refractivity contribution in [3.05, 3.63) is 40.9 Å². The fraction of sp³-hybridized carbons (Fsp3) is 0.286. The number of alkyl halides is 3. The Labute approximate surface area is 144 Å². The molecule has 11 heteroatoms. The van der Waals surface area contributed by atoms with Crippen LogP contribution in [0.4, 0.5) is 13.2 Å². The van der Waals surface area contributed by atoms with Gasteiger partial charge < -0.3 is 5.32 Å². The van der Waals surface area contributed by atoms with Gasteiger partial charge in [0.1, 0.15) is 11.6 Å². The van der Waals surface area contributed by atoms with Gasteiger partial charge >= 0.3 is 6.18 Å². The molecular formula is C14H12ClF3N6O. The zero-order valence-corrected chi connectivity index (χ0v) is 13.8. The number of fused-ring (bicyclic) bond motifs is 1. The highest BCUT2D eigenvalue weighted by atomic mass is 35.5. The Bertz CT molecular complexity index is 948. The van der Waals surface area contributed by atoms with Crippen LogP contribution < -0.4 is 5.32 Å². The van der Waals surface area contributed by atoms with Crippen molar-refractivity contribution < 1.29 is 18.0 Å². The summed E-state index contributed by atoms with van der Waals surface area (Å²) in [6, 6.07) is 1.21. The third-order valence-corrected chi connectivity index (χ3v) is 3.71. The summed E-state index contributed by atoms with van der Waals surface area (Å²) in [5.74, 6) is -0.558. The Morgan fingerprint density at radius 1 is 1.40 bits per heavy atom. The molecule has 3 aromatic rings. The maximum absolute atomic E-state index is 12.6. The topological polar surface area (TPSA) is 77.1 Å². The van der Waals surface area contributed by atoms with E-state index in [-0.39, 0.29) is 16.4 Å². The van der Waals surface area contributed by atoms with Crippen molar-refractivity contribution in [2.75, 3.05) is 0 Å². The molecule has 0 saturated carbocycles. The van der Waals surface area contributed by atoms with E-state index in [2.05, 4.69) is 15.2 Å². The fourth-order valence-corrected chi connectivity index (χ4v) is 2.30. The van der Waals surface area contributed by atoms with Crippen molar-refractivity contribution in [1.82, 2.24) is 29.7 Å². The quantitative estimate of drug-likeness (QED) is 0.766. The normalized spacial score (nSPS) is 13.2. The summed E-state index contributed by atoms with van der Waals surface area (Å²) in [4.78, 5) is 16.5. The average Bonchev–Trinajstić information content (AvgIpc) is 3.12. The zero-order valence-electron chi connectivity index (χ0n) is 13.0. The van der Waals surface area contributed by atoms with Crippen molar-refractivity contribution in [3.63, 3.8) is 0 Å². The van der Waals surface area contributed by atoms with Gasteiger partial charge in [-0.15, -0.1) is 0 Å². The minimum Gasteiger partial charge on any atom is -0.340 e. The first-order valence-electron chi connectivity index (χ1n) is 7.11. The van der Waals surface area contributed by atoms with Gasteiger partial charge in [-0.3, -0.25) is 4.79 Å². The lowest BCUT2D eigenvalue weighted by Crippen LogP contribution is -2.43. The van der Waals surface area contributed by atoms with E-state index in [0.29, 0.717) is 11.5 Å². The van der Waals surface area contributed by atoms with Crippen molar-refractivity contribution in [1.29, 1.82) is 0 Å². The van der Waals surface area contributed by atoms with E-state index in [9.17, 15) is 18.0 Å². The molecule has 0 aromatic carbocycles. The van der Waals surface area contributed by atoms with Gasteiger partial charge in [-0.1, -0.05) is 11.6 Å². The molecule has 132 valence electrons. The first kappa shape index (κ1) is 17.2. The molecule has 0 aliphatic carbocycles. The molecular weight excluding hydrogens is 361 g/mol. The minimum absolute atomic E-state index is 0.0701. The summed E-state index contributed by atoms with van der Waals surface area (Å²) in [6.45, 7) is 2.58. The van der Waals surface area contributed by atoms with Crippen LogP contribution in [0.3, 0.4) is 0 Å². The number of rotatable bonds is 3. The first-order chi connectivity index (χ1) is 11.7. The number of nitrogens with one attached hydrogen (secondary N) is 1. The van der Waals surface area contributed by atoms with E-state index in [4.69, 9.17) is 11.6 Å². The average molecular weight is 373 g/mol. The van der Waals surface area contributed by atoms with Gasteiger partial charge in [-0.2, -0.15) is 23.4 Å². The molecule has 0 fully saturated rings. The predicted molar refractivity (Wildman–Crippen MR) is 82.8 cm³/mol. The lowest BCUT2D eigenvalue weighted by molar-refractivity contribution is -0.149. The van der Waals surface area contributed by atoms with Crippen LogP contribution in [-0.2, 0) is 0 Å². The number of aromatic nitrogens is 5. The Morgan fingerprint density at radius 3 is 2.72 bits per heavy atom. The largest absolute Gasteiger partial charge is 0.408 e. The maximum Gasteiger partial charge on any atom is 0.408 e. The van der Waals surface area contributed by atoms with Gasteiger partial charge in [0, 0.05) is 18.0 Å². The molecule has 0 spiro atoms. The molecule has 1 amide bonds. The van der Waals surface area contributed by atoms with E-state index >= 15 is 0 Å². The van der Waals surface area contributed by atoms with E-state index in [1.54, 1.807) is 25.3 Å². The summed E-state index contributed by atoms with van der Waals surface area (Å²) in [7, 11) is 0. The summed E-state index contributed by atoms with van der Waals surface area (Å²) < 4.78 is 40.7. The van der Waals surface area contributed by atoms with Crippen molar-refractivity contribution in [2.45, 2.75) is 26.1 Å². The molecule has 0 aliphatic heterocycles. The van der Waals surface area contributed by atoms with Crippen molar-refractivity contribution >= 4 is 23.2 Å². The summed E-state index contributed by atoms with van der Waals surface area (Å²) in [5.41, 5.74) is 0.669. The number of carbonyl (C=O) groups excluding carboxylic acids is 1. The van der Waals surface area contributed by atoms with Crippen LogP contribution in [0.1, 0.15) is 23.0 Å². The molecule has 3 aromatic heterocycles. The van der Waals surface area contributed by atoms with Crippen LogP contribution in [0.15, 0.2) is 24.5 Å². The van der Waals surface area contributed by atoms with Crippen LogP contribution >= 0.6 is 11.6 Å². The highest BCUT2D eigenvalue weighted by Crippen LogP contribution is 2.21. The van der Waals surface area contributed by atoms with E-state index in [1.807, 2.05) is 5.32 Å². The monoisotopic (exact) mass is 372 g/mol. The Kier molecular flexibility index (Phi) is 4.15. The number of hydrogen-bond donors (Lipinski definition) is 1. The zero-order chi connectivity index (χ0) is 18.4. The standard InChI is InChI=1S/C14H12ClF3N6O/c1-7-5-11(23-4-3-10(15)22-23)21-12-9(6-19-24(7)12)13(25)20-8(2)14(16,17)18/h3-6,8H,1-2H3,(H,20,25). The van der Waals surface area contributed by atoms with Crippen LogP contribution in [0, 0.1) is 6.92 Å². The van der Waals surface area contributed by atoms with E-state index < -0.39 is 18.1 Å². The number of carbonyl (C=O) groups is 1. The molecule has 0 aliphatic rings. The molecule has 3 rings (SSSR count). The van der Waals surface area contributed by atoms with Crippen LogP contribution in [0.25, 0.3) is 11.5 Å². The van der Waals surface area contributed by atoms with Crippen LogP contribution in [0.5, 0.6) is 0 Å². The smallest absolute Gasteiger partial charge is 0.340 e. The Morgan fingerprint density at radius 2 is 2.12 bits per heavy atom. The third-order valence-electron chi connectivity index (χ3n) is 3.51. The van der Waals surface area contributed by atoms with Crippen molar-refractivity contribution in [3.8, 4) is 5.82 Å². The number of amides is 1. The molecule has 25 heavy (non-hydrogen) atoms. The number of hydrogen-bond acceptors (Lipinski definition) is 4. The molecule has 1 unspecified atom stereocenters. The maximum atomic E-state index is 12.6. The molecule has 3 heterocycles. The molecule has 1 N–H and O–H groups in total. The second-order valence-corrected chi connectivity index (χ2v) is 5.76. The Balaban J connectivity index is 2.02. The van der Waals surface area contributed by atoms with Gasteiger partial charge in [-0.25, -0.2) is 14.2 Å². The molecule has 0 bridgehead atoms. The second kappa shape index (κ2) is 6.03. The predicted octanol–water partition coefficient (Wildman–Crippen LogP) is 2.56. The minimum atomic E-state index is -4.54. The first-order valence-corrected chi connectivity index (χ1v) is 7.49. The van der Waals surface area contributed by atoms with E-state index in [0.717, 1.165) is 6.92 Å². The third kappa shape index (κ3) is 3.29. The fourth-order valence-electron chi connectivity index (χ4n) is 2.16. The van der Waals surface area contributed by atoms with Gasteiger partial charge in [0.25, 0.3) is 5.91 Å². The molecule has 0 saturated heterocycles. The second-order valence-electron chi connectivity index (χ2n) is 5.37. The lowest BCUT2D eigenvalue weighted by atomic mass is 10.2. The van der Waals surface area contributed by atoms with Gasteiger partial charge in [0.05, 0.1) is 6.20 Å². The Hall–Kier alpha value is -2.62. The van der Waals surface area contributed by atoms with Crippen LogP contribution in [0.2, 0.25) is 5.15 Å². The molecule has 1 atom stereocenters. The number of halogens is 4. The van der Waals surface area contributed by atoms with Gasteiger partial charge in [0.2, 0.25) is 0 Å². The number of nitrogens with zero attached hydrogens (tertiary/aromatic N) is 5. The van der Waals surface area contributed by atoms with E-state index in [1.165, 1.54) is 15.4 Å².